The molecule has 0 bridgehead atoms. The number of rotatable bonds is 1. The van der Waals surface area contributed by atoms with Crippen molar-refractivity contribution in [2.24, 2.45) is 0 Å². The third-order valence-corrected chi connectivity index (χ3v) is 4.76. The first-order chi connectivity index (χ1) is 11.2. The van der Waals surface area contributed by atoms with Gasteiger partial charge >= 0.3 is 0 Å². The van der Waals surface area contributed by atoms with Crippen molar-refractivity contribution < 1.29 is 9.21 Å². The second-order valence-corrected chi connectivity index (χ2v) is 6.27. The fraction of sp³-hybridized carbons (Fsp3) is 0.211. The van der Waals surface area contributed by atoms with Crippen molar-refractivity contribution in [3.05, 3.63) is 64.4 Å². The highest BCUT2D eigenvalue weighted by molar-refractivity contribution is 6.35. The van der Waals surface area contributed by atoms with E-state index in [0.717, 1.165) is 29.5 Å². The summed E-state index contributed by atoms with van der Waals surface area (Å²) in [6, 6.07) is 13.6. The molecule has 1 aromatic heterocycles. The van der Waals surface area contributed by atoms with E-state index in [0.29, 0.717) is 22.9 Å². The van der Waals surface area contributed by atoms with Crippen molar-refractivity contribution >= 4 is 34.2 Å². The zero-order valence-electron chi connectivity index (χ0n) is 12.8. The van der Waals surface area contributed by atoms with Crippen LogP contribution in [0.2, 0.25) is 5.02 Å². The first-order valence-electron chi connectivity index (χ1n) is 7.74. The summed E-state index contributed by atoms with van der Waals surface area (Å²) in [5.41, 5.74) is 3.62. The van der Waals surface area contributed by atoms with Crippen LogP contribution in [0.15, 0.2) is 46.9 Å². The summed E-state index contributed by atoms with van der Waals surface area (Å²) in [6.07, 6.45) is 1.97. The predicted octanol–water partition coefficient (Wildman–Crippen LogP) is 4.99. The average molecular weight is 326 g/mol. The summed E-state index contributed by atoms with van der Waals surface area (Å²) in [5, 5.41) is 1.43. The summed E-state index contributed by atoms with van der Waals surface area (Å²) >= 11 is 6.20. The number of carbonyl (C=O) groups excluding carboxylic acids is 1. The lowest BCUT2D eigenvalue weighted by Gasteiger charge is -2.28. The highest BCUT2D eigenvalue weighted by Gasteiger charge is 2.28. The Hall–Kier alpha value is -2.26. The van der Waals surface area contributed by atoms with Gasteiger partial charge in [-0.2, -0.15) is 0 Å². The van der Waals surface area contributed by atoms with Crippen LogP contribution in [0.25, 0.3) is 11.0 Å². The van der Waals surface area contributed by atoms with Gasteiger partial charge in [0, 0.05) is 23.2 Å². The smallest absolute Gasteiger partial charge is 0.294 e. The first kappa shape index (κ1) is 14.3. The lowest BCUT2D eigenvalue weighted by Crippen LogP contribution is -2.35. The predicted molar refractivity (Wildman–Crippen MR) is 92.4 cm³/mol. The van der Waals surface area contributed by atoms with Crippen LogP contribution in [0.5, 0.6) is 0 Å². The van der Waals surface area contributed by atoms with Gasteiger partial charge in [-0.3, -0.25) is 4.79 Å². The van der Waals surface area contributed by atoms with Crippen LogP contribution in [0.4, 0.5) is 5.69 Å². The van der Waals surface area contributed by atoms with Crippen molar-refractivity contribution in [3.63, 3.8) is 0 Å². The molecular weight excluding hydrogens is 310 g/mol. The Balaban J connectivity index is 1.82. The molecule has 1 amide bonds. The highest BCUT2D eigenvalue weighted by Crippen LogP contribution is 2.34. The van der Waals surface area contributed by atoms with Gasteiger partial charge in [-0.1, -0.05) is 41.9 Å². The molecule has 23 heavy (non-hydrogen) atoms. The molecule has 1 aliphatic heterocycles. The lowest BCUT2D eigenvalue weighted by atomic mass is 10.0. The van der Waals surface area contributed by atoms with Gasteiger partial charge in [0.15, 0.2) is 11.3 Å². The van der Waals surface area contributed by atoms with Crippen LogP contribution in [0.1, 0.15) is 28.1 Å². The van der Waals surface area contributed by atoms with Gasteiger partial charge in [-0.05, 0) is 37.5 Å². The number of nitrogens with zero attached hydrogens (tertiary/aromatic N) is 1. The van der Waals surface area contributed by atoms with Crippen LogP contribution in [0, 0.1) is 6.92 Å². The SMILES string of the molecule is Cc1c(C(=O)N2CCCc3ccccc32)oc2c(Cl)cccc12. The van der Waals surface area contributed by atoms with E-state index in [1.807, 2.05) is 42.2 Å². The Morgan fingerprint density at radius 1 is 1.17 bits per heavy atom. The maximum atomic E-state index is 13.1. The molecule has 0 unspecified atom stereocenters. The number of carbonyl (C=O) groups is 1. The van der Waals surface area contributed by atoms with Crippen molar-refractivity contribution in [1.82, 2.24) is 0 Å². The van der Waals surface area contributed by atoms with E-state index in [4.69, 9.17) is 16.0 Å². The van der Waals surface area contributed by atoms with Crippen molar-refractivity contribution in [2.45, 2.75) is 19.8 Å². The number of fused-ring (bicyclic) bond motifs is 2. The molecule has 4 heteroatoms. The van der Waals surface area contributed by atoms with E-state index in [9.17, 15) is 4.79 Å². The van der Waals surface area contributed by atoms with Crippen LogP contribution in [-0.4, -0.2) is 12.5 Å². The largest absolute Gasteiger partial charge is 0.449 e. The van der Waals surface area contributed by atoms with Gasteiger partial charge in [0.1, 0.15) is 0 Å². The standard InChI is InChI=1S/C19H16ClNO2/c1-12-14-8-4-9-15(20)18(14)23-17(12)19(22)21-11-5-7-13-6-2-3-10-16(13)21/h2-4,6,8-10H,5,7,11H2,1H3. The maximum absolute atomic E-state index is 13.1. The Kier molecular flexibility index (Phi) is 3.38. The van der Waals surface area contributed by atoms with E-state index in [1.54, 1.807) is 6.07 Å². The molecule has 0 spiro atoms. The topological polar surface area (TPSA) is 33.5 Å². The molecule has 0 radical (unpaired) electrons. The Morgan fingerprint density at radius 3 is 2.83 bits per heavy atom. The van der Waals surface area contributed by atoms with Gasteiger partial charge in [0.05, 0.1) is 5.02 Å². The quantitative estimate of drug-likeness (QED) is 0.631. The van der Waals surface area contributed by atoms with Crippen LogP contribution >= 0.6 is 11.6 Å². The number of amides is 1. The molecule has 3 aromatic rings. The van der Waals surface area contributed by atoms with Gasteiger partial charge in [0.25, 0.3) is 5.91 Å². The minimum atomic E-state index is -0.0954. The Morgan fingerprint density at radius 2 is 2.00 bits per heavy atom. The maximum Gasteiger partial charge on any atom is 0.294 e. The number of furan rings is 1. The summed E-state index contributed by atoms with van der Waals surface area (Å²) in [5.74, 6) is 0.284. The number of aryl methyl sites for hydroxylation is 2. The van der Waals surface area contributed by atoms with E-state index >= 15 is 0 Å². The van der Waals surface area contributed by atoms with Gasteiger partial charge in [0.2, 0.25) is 0 Å². The summed E-state index contributed by atoms with van der Waals surface area (Å²) in [4.78, 5) is 14.9. The fourth-order valence-electron chi connectivity index (χ4n) is 3.28. The molecular formula is C19H16ClNO2. The van der Waals surface area contributed by atoms with Crippen molar-refractivity contribution in [2.75, 3.05) is 11.4 Å². The Labute approximate surface area is 139 Å². The number of hydrogen-bond donors (Lipinski definition) is 0. The first-order valence-corrected chi connectivity index (χ1v) is 8.12. The Bertz CT molecular complexity index is 913. The molecule has 3 nitrogen and oxygen atoms in total. The van der Waals surface area contributed by atoms with Crippen molar-refractivity contribution in [3.8, 4) is 0 Å². The van der Waals surface area contributed by atoms with E-state index in [2.05, 4.69) is 6.07 Å². The molecule has 1 aliphatic rings. The molecule has 0 atom stereocenters. The average Bonchev–Trinajstić information content (AvgIpc) is 2.92. The minimum Gasteiger partial charge on any atom is -0.449 e. The van der Waals surface area contributed by atoms with E-state index in [1.165, 1.54) is 5.56 Å². The van der Waals surface area contributed by atoms with Crippen LogP contribution in [-0.2, 0) is 6.42 Å². The molecule has 2 heterocycles. The summed E-state index contributed by atoms with van der Waals surface area (Å²) in [6.45, 7) is 2.62. The number of para-hydroxylation sites is 2. The number of benzene rings is 2. The zero-order valence-corrected chi connectivity index (χ0v) is 13.6. The molecule has 0 aliphatic carbocycles. The van der Waals surface area contributed by atoms with Gasteiger partial charge < -0.3 is 9.32 Å². The molecule has 2 aromatic carbocycles. The molecule has 116 valence electrons. The number of hydrogen-bond acceptors (Lipinski definition) is 2. The number of anilines is 1. The fourth-order valence-corrected chi connectivity index (χ4v) is 3.49. The van der Waals surface area contributed by atoms with E-state index in [-0.39, 0.29) is 5.91 Å². The molecule has 0 N–H and O–H groups in total. The molecule has 0 saturated heterocycles. The second-order valence-electron chi connectivity index (χ2n) is 5.86. The summed E-state index contributed by atoms with van der Waals surface area (Å²) in [7, 11) is 0. The zero-order chi connectivity index (χ0) is 16.0. The van der Waals surface area contributed by atoms with E-state index < -0.39 is 0 Å². The third-order valence-electron chi connectivity index (χ3n) is 4.47. The molecule has 0 saturated carbocycles. The molecule has 4 rings (SSSR count). The molecule has 0 fully saturated rings. The van der Waals surface area contributed by atoms with Crippen LogP contribution < -0.4 is 4.90 Å². The highest BCUT2D eigenvalue weighted by atomic mass is 35.5. The number of halogens is 1. The van der Waals surface area contributed by atoms with Gasteiger partial charge in [-0.25, -0.2) is 0 Å². The van der Waals surface area contributed by atoms with Crippen molar-refractivity contribution in [1.29, 1.82) is 0 Å². The monoisotopic (exact) mass is 325 g/mol. The third kappa shape index (κ3) is 2.23. The normalized spacial score (nSPS) is 14.1. The second kappa shape index (κ2) is 5.43. The minimum absolute atomic E-state index is 0.0954. The lowest BCUT2D eigenvalue weighted by molar-refractivity contribution is 0.0959. The van der Waals surface area contributed by atoms with Crippen LogP contribution in [0.3, 0.4) is 0 Å². The van der Waals surface area contributed by atoms with Gasteiger partial charge in [-0.15, -0.1) is 0 Å². The summed E-state index contributed by atoms with van der Waals surface area (Å²) < 4.78 is 5.84.